The number of hydrogen-bond donors (Lipinski definition) is 2. The fraction of sp³-hybridized carbons (Fsp3) is 0.733. The molecule has 6 heteroatoms. The van der Waals surface area contributed by atoms with Crippen LogP contribution in [0.25, 0.3) is 0 Å². The second-order valence-corrected chi connectivity index (χ2v) is 5.93. The minimum absolute atomic E-state index is 0.0712. The van der Waals surface area contributed by atoms with Crippen molar-refractivity contribution >= 4 is 5.91 Å². The van der Waals surface area contributed by atoms with Crippen molar-refractivity contribution in [1.29, 1.82) is 0 Å². The highest BCUT2D eigenvalue weighted by Gasteiger charge is 2.42. The zero-order valence-corrected chi connectivity index (χ0v) is 12.4. The Morgan fingerprint density at radius 2 is 2.29 bits per heavy atom. The molecule has 2 N–H and O–H groups in total. The molecule has 3 rings (SSSR count). The number of rotatable bonds is 4. The van der Waals surface area contributed by atoms with Gasteiger partial charge in [-0.2, -0.15) is 5.10 Å². The summed E-state index contributed by atoms with van der Waals surface area (Å²) in [5.41, 5.74) is -0.552. The van der Waals surface area contributed by atoms with Crippen LogP contribution in [-0.2, 0) is 15.1 Å². The fourth-order valence-electron chi connectivity index (χ4n) is 3.26. The van der Waals surface area contributed by atoms with E-state index in [1.54, 1.807) is 6.20 Å². The van der Waals surface area contributed by atoms with Gasteiger partial charge in [0.2, 0.25) is 5.91 Å². The predicted octanol–water partition coefficient (Wildman–Crippen LogP) is 0.647. The van der Waals surface area contributed by atoms with Crippen LogP contribution in [0.4, 0.5) is 0 Å². The zero-order valence-electron chi connectivity index (χ0n) is 12.4. The fourth-order valence-corrected chi connectivity index (χ4v) is 3.26. The number of carbonyl (C=O) groups is 1. The molecular formula is C15H24N4O2. The maximum absolute atomic E-state index is 12.8. The molecule has 21 heavy (non-hydrogen) atoms. The molecule has 3 heterocycles. The summed E-state index contributed by atoms with van der Waals surface area (Å²) in [6.45, 7) is 3.10. The highest BCUT2D eigenvalue weighted by atomic mass is 16.5. The van der Waals surface area contributed by atoms with Crippen LogP contribution < -0.4 is 10.6 Å². The van der Waals surface area contributed by atoms with Crippen molar-refractivity contribution in [3.63, 3.8) is 0 Å². The van der Waals surface area contributed by atoms with Crippen molar-refractivity contribution < 1.29 is 9.53 Å². The lowest BCUT2D eigenvalue weighted by Gasteiger charge is -2.37. The SMILES string of the molecule is O=C(NCC1CCCCO1)C1(n2cccn2)CCNCC1. The van der Waals surface area contributed by atoms with E-state index in [4.69, 9.17) is 4.74 Å². The molecule has 1 aromatic rings. The maximum Gasteiger partial charge on any atom is 0.248 e. The Balaban J connectivity index is 1.66. The van der Waals surface area contributed by atoms with Crippen molar-refractivity contribution in [3.05, 3.63) is 18.5 Å². The Hall–Kier alpha value is -1.40. The van der Waals surface area contributed by atoms with Gasteiger partial charge in [0, 0.05) is 25.5 Å². The number of nitrogens with one attached hydrogen (secondary N) is 2. The van der Waals surface area contributed by atoms with Gasteiger partial charge in [0.1, 0.15) is 5.54 Å². The monoisotopic (exact) mass is 292 g/mol. The van der Waals surface area contributed by atoms with Gasteiger partial charge in [0.15, 0.2) is 0 Å². The zero-order chi connectivity index (χ0) is 14.5. The molecule has 2 aliphatic rings. The normalized spacial score (nSPS) is 25.4. The molecule has 116 valence electrons. The van der Waals surface area contributed by atoms with E-state index in [2.05, 4.69) is 15.7 Å². The first-order valence-corrected chi connectivity index (χ1v) is 7.92. The van der Waals surface area contributed by atoms with Crippen molar-refractivity contribution in [2.45, 2.75) is 43.7 Å². The topological polar surface area (TPSA) is 68.2 Å². The van der Waals surface area contributed by atoms with Crippen LogP contribution in [0.3, 0.4) is 0 Å². The van der Waals surface area contributed by atoms with Gasteiger partial charge >= 0.3 is 0 Å². The molecular weight excluding hydrogens is 268 g/mol. The van der Waals surface area contributed by atoms with Crippen LogP contribution in [0.2, 0.25) is 0 Å². The minimum atomic E-state index is -0.552. The molecule has 6 nitrogen and oxygen atoms in total. The van der Waals surface area contributed by atoms with E-state index >= 15 is 0 Å². The highest BCUT2D eigenvalue weighted by molar-refractivity contribution is 5.84. The lowest BCUT2D eigenvalue weighted by atomic mass is 9.87. The average molecular weight is 292 g/mol. The van der Waals surface area contributed by atoms with Crippen LogP contribution in [0.15, 0.2) is 18.5 Å². The molecule has 2 aliphatic heterocycles. The third kappa shape index (κ3) is 3.11. The van der Waals surface area contributed by atoms with E-state index in [9.17, 15) is 4.79 Å². The average Bonchev–Trinajstić information content (AvgIpc) is 3.09. The first kappa shape index (κ1) is 14.5. The standard InChI is InChI=1S/C15H24N4O2/c20-14(17-12-13-4-1-2-11-21-13)15(5-8-16-9-6-15)19-10-3-7-18-19/h3,7,10,13,16H,1-2,4-6,8-9,11-12H2,(H,17,20). The molecule has 2 fully saturated rings. The first-order valence-electron chi connectivity index (χ1n) is 7.92. The largest absolute Gasteiger partial charge is 0.376 e. The molecule has 2 saturated heterocycles. The third-order valence-electron chi connectivity index (χ3n) is 4.56. The first-order chi connectivity index (χ1) is 10.3. The molecule has 0 spiro atoms. The van der Waals surface area contributed by atoms with Gasteiger partial charge in [-0.15, -0.1) is 0 Å². The van der Waals surface area contributed by atoms with E-state index in [-0.39, 0.29) is 12.0 Å². The van der Waals surface area contributed by atoms with Gasteiger partial charge in [-0.3, -0.25) is 9.48 Å². The molecule has 0 bridgehead atoms. The van der Waals surface area contributed by atoms with Gasteiger partial charge in [-0.25, -0.2) is 0 Å². The highest BCUT2D eigenvalue weighted by Crippen LogP contribution is 2.27. The molecule has 0 radical (unpaired) electrons. The van der Waals surface area contributed by atoms with Crippen molar-refractivity contribution in [1.82, 2.24) is 20.4 Å². The molecule has 1 amide bonds. The molecule has 0 aliphatic carbocycles. The van der Waals surface area contributed by atoms with Crippen LogP contribution in [0.1, 0.15) is 32.1 Å². The summed E-state index contributed by atoms with van der Waals surface area (Å²) in [6.07, 6.45) is 8.69. The van der Waals surface area contributed by atoms with Gasteiger partial charge in [-0.05, 0) is 51.3 Å². The second kappa shape index (κ2) is 6.58. The van der Waals surface area contributed by atoms with Gasteiger partial charge in [0.25, 0.3) is 0 Å². The number of amides is 1. The molecule has 0 saturated carbocycles. The minimum Gasteiger partial charge on any atom is -0.376 e. The molecule has 1 aromatic heterocycles. The Kier molecular flexibility index (Phi) is 4.55. The van der Waals surface area contributed by atoms with E-state index in [1.807, 2.05) is 16.9 Å². The van der Waals surface area contributed by atoms with Crippen molar-refractivity contribution in [3.8, 4) is 0 Å². The van der Waals surface area contributed by atoms with E-state index in [1.165, 1.54) is 6.42 Å². The summed E-state index contributed by atoms with van der Waals surface area (Å²) in [6, 6.07) is 1.88. The van der Waals surface area contributed by atoms with Gasteiger partial charge in [-0.1, -0.05) is 0 Å². The maximum atomic E-state index is 12.8. The quantitative estimate of drug-likeness (QED) is 0.855. The Morgan fingerprint density at radius 3 is 2.95 bits per heavy atom. The summed E-state index contributed by atoms with van der Waals surface area (Å²) >= 11 is 0. The smallest absolute Gasteiger partial charge is 0.248 e. The number of hydrogen-bond acceptors (Lipinski definition) is 4. The number of piperidine rings is 1. The van der Waals surface area contributed by atoms with Gasteiger partial charge in [0.05, 0.1) is 6.10 Å². The van der Waals surface area contributed by atoms with Crippen LogP contribution in [-0.4, -0.2) is 48.0 Å². The number of nitrogens with zero attached hydrogens (tertiary/aromatic N) is 2. The lowest BCUT2D eigenvalue weighted by Crippen LogP contribution is -2.55. The molecule has 1 atom stereocenters. The Bertz CT molecular complexity index is 448. The number of carbonyl (C=O) groups excluding carboxylic acids is 1. The summed E-state index contributed by atoms with van der Waals surface area (Å²) in [5, 5.41) is 10.7. The Morgan fingerprint density at radius 1 is 1.43 bits per heavy atom. The number of ether oxygens (including phenoxy) is 1. The van der Waals surface area contributed by atoms with Crippen LogP contribution in [0, 0.1) is 0 Å². The predicted molar refractivity (Wildman–Crippen MR) is 78.9 cm³/mol. The molecule has 0 aromatic carbocycles. The van der Waals surface area contributed by atoms with E-state index < -0.39 is 5.54 Å². The summed E-state index contributed by atoms with van der Waals surface area (Å²) in [7, 11) is 0. The summed E-state index contributed by atoms with van der Waals surface area (Å²) in [5.74, 6) is 0.0712. The summed E-state index contributed by atoms with van der Waals surface area (Å²) < 4.78 is 7.51. The summed E-state index contributed by atoms with van der Waals surface area (Å²) in [4.78, 5) is 12.8. The van der Waals surface area contributed by atoms with Crippen molar-refractivity contribution in [2.75, 3.05) is 26.2 Å². The second-order valence-electron chi connectivity index (χ2n) is 5.93. The van der Waals surface area contributed by atoms with Crippen LogP contribution >= 0.6 is 0 Å². The molecule has 1 unspecified atom stereocenters. The number of aromatic nitrogens is 2. The Labute approximate surface area is 125 Å². The lowest BCUT2D eigenvalue weighted by molar-refractivity contribution is -0.132. The van der Waals surface area contributed by atoms with Crippen LogP contribution in [0.5, 0.6) is 0 Å². The van der Waals surface area contributed by atoms with Crippen molar-refractivity contribution in [2.24, 2.45) is 0 Å². The van der Waals surface area contributed by atoms with Gasteiger partial charge < -0.3 is 15.4 Å². The van der Waals surface area contributed by atoms with E-state index in [0.29, 0.717) is 6.54 Å². The van der Waals surface area contributed by atoms with E-state index in [0.717, 1.165) is 45.4 Å². The third-order valence-corrected chi connectivity index (χ3v) is 4.56.